The number of nitrogens with zero attached hydrogens (tertiary/aromatic N) is 1. The number of ether oxygens (including phenoxy) is 1. The van der Waals surface area contributed by atoms with Gasteiger partial charge in [-0.1, -0.05) is 0 Å². The Bertz CT molecular complexity index is 228. The van der Waals surface area contributed by atoms with Gasteiger partial charge in [-0.05, 0) is 51.1 Å². The first kappa shape index (κ1) is 11.0. The molecule has 1 N–H and O–H groups in total. The van der Waals surface area contributed by atoms with Crippen LogP contribution in [0.4, 0.5) is 0 Å². The quantitative estimate of drug-likeness (QED) is 0.764. The van der Waals surface area contributed by atoms with Gasteiger partial charge in [0, 0.05) is 19.1 Å². The lowest BCUT2D eigenvalue weighted by molar-refractivity contribution is -0.0610. The predicted molar refractivity (Wildman–Crippen MR) is 64.5 cm³/mol. The van der Waals surface area contributed by atoms with E-state index >= 15 is 0 Å². The minimum Gasteiger partial charge on any atom is -0.375 e. The minimum atomic E-state index is 0.560. The second-order valence-corrected chi connectivity index (χ2v) is 5.61. The second-order valence-electron chi connectivity index (χ2n) is 5.61. The van der Waals surface area contributed by atoms with Gasteiger partial charge in [0.25, 0.3) is 0 Å². The van der Waals surface area contributed by atoms with Crippen molar-refractivity contribution >= 4 is 0 Å². The molecule has 1 aliphatic carbocycles. The fraction of sp³-hybridized carbons (Fsp3) is 1.00. The molecule has 0 aromatic carbocycles. The molecule has 0 amide bonds. The Morgan fingerprint density at radius 2 is 2.19 bits per heavy atom. The highest BCUT2D eigenvalue weighted by atomic mass is 16.5. The average molecular weight is 224 g/mol. The molecule has 0 aromatic heterocycles. The summed E-state index contributed by atoms with van der Waals surface area (Å²) in [7, 11) is 0. The maximum atomic E-state index is 5.86. The maximum absolute atomic E-state index is 5.86. The molecule has 0 bridgehead atoms. The van der Waals surface area contributed by atoms with Crippen molar-refractivity contribution in [1.29, 1.82) is 0 Å². The van der Waals surface area contributed by atoms with Crippen LogP contribution in [0.15, 0.2) is 0 Å². The fourth-order valence-electron chi connectivity index (χ4n) is 3.64. The number of morpholine rings is 1. The van der Waals surface area contributed by atoms with Crippen LogP contribution in [0.3, 0.4) is 0 Å². The number of nitrogens with one attached hydrogen (secondary N) is 1. The molecule has 3 aliphatic rings. The van der Waals surface area contributed by atoms with Crippen LogP contribution in [0, 0.1) is 5.92 Å². The lowest BCUT2D eigenvalue weighted by atomic mass is 9.97. The molecule has 0 radical (unpaired) electrons. The van der Waals surface area contributed by atoms with Crippen LogP contribution in [0.2, 0.25) is 0 Å². The zero-order valence-corrected chi connectivity index (χ0v) is 10.2. The van der Waals surface area contributed by atoms with Crippen molar-refractivity contribution in [3.05, 3.63) is 0 Å². The lowest BCUT2D eigenvalue weighted by Gasteiger charge is -2.40. The highest BCUT2D eigenvalue weighted by Gasteiger charge is 2.36. The van der Waals surface area contributed by atoms with E-state index in [4.69, 9.17) is 4.74 Å². The summed E-state index contributed by atoms with van der Waals surface area (Å²) in [6.07, 6.45) is 7.37. The molecule has 2 heterocycles. The molecule has 3 fully saturated rings. The van der Waals surface area contributed by atoms with Crippen LogP contribution in [-0.2, 0) is 4.74 Å². The number of fused-ring (bicyclic) bond motifs is 1. The molecular formula is C13H24N2O. The van der Waals surface area contributed by atoms with Gasteiger partial charge in [0.1, 0.15) is 0 Å². The van der Waals surface area contributed by atoms with E-state index in [0.29, 0.717) is 6.10 Å². The van der Waals surface area contributed by atoms with E-state index in [-0.39, 0.29) is 0 Å². The van der Waals surface area contributed by atoms with Crippen molar-refractivity contribution in [2.24, 2.45) is 5.92 Å². The molecular weight excluding hydrogens is 200 g/mol. The third kappa shape index (κ3) is 2.27. The van der Waals surface area contributed by atoms with Gasteiger partial charge in [0.2, 0.25) is 0 Å². The van der Waals surface area contributed by atoms with Gasteiger partial charge in [0.15, 0.2) is 0 Å². The summed E-state index contributed by atoms with van der Waals surface area (Å²) in [5.41, 5.74) is 0. The third-order valence-electron chi connectivity index (χ3n) is 4.49. The summed E-state index contributed by atoms with van der Waals surface area (Å²) in [5.74, 6) is 0.882. The molecule has 3 rings (SSSR count). The van der Waals surface area contributed by atoms with Crippen LogP contribution in [-0.4, -0.2) is 49.8 Å². The molecule has 2 saturated heterocycles. The second kappa shape index (κ2) is 5.03. The molecule has 2 aliphatic heterocycles. The van der Waals surface area contributed by atoms with Crippen LogP contribution in [0.25, 0.3) is 0 Å². The monoisotopic (exact) mass is 224 g/mol. The first-order valence-corrected chi connectivity index (χ1v) is 7.00. The molecule has 1 saturated carbocycles. The Hall–Kier alpha value is -0.120. The molecule has 92 valence electrons. The summed E-state index contributed by atoms with van der Waals surface area (Å²) in [6.45, 7) is 5.89. The van der Waals surface area contributed by atoms with E-state index in [2.05, 4.69) is 10.2 Å². The Labute approximate surface area is 98.5 Å². The van der Waals surface area contributed by atoms with Crippen molar-refractivity contribution in [2.75, 3.05) is 32.8 Å². The topological polar surface area (TPSA) is 24.5 Å². The van der Waals surface area contributed by atoms with E-state index in [9.17, 15) is 0 Å². The normalized spacial score (nSPS) is 40.9. The first-order valence-electron chi connectivity index (χ1n) is 7.00. The largest absolute Gasteiger partial charge is 0.375 e. The minimum absolute atomic E-state index is 0.560. The molecule has 0 aromatic rings. The highest BCUT2D eigenvalue weighted by Crippen LogP contribution is 2.30. The van der Waals surface area contributed by atoms with Crippen molar-refractivity contribution in [2.45, 2.75) is 44.2 Å². The average Bonchev–Trinajstić information content (AvgIpc) is 2.80. The van der Waals surface area contributed by atoms with Gasteiger partial charge in [-0.25, -0.2) is 0 Å². The first-order chi connectivity index (χ1) is 7.93. The van der Waals surface area contributed by atoms with Crippen molar-refractivity contribution < 1.29 is 4.74 Å². The van der Waals surface area contributed by atoms with Crippen LogP contribution in [0.1, 0.15) is 32.1 Å². The fourth-order valence-corrected chi connectivity index (χ4v) is 3.64. The Kier molecular flexibility index (Phi) is 3.46. The highest BCUT2D eigenvalue weighted by molar-refractivity contribution is 4.90. The number of hydrogen-bond acceptors (Lipinski definition) is 3. The molecule has 16 heavy (non-hydrogen) atoms. The Morgan fingerprint density at radius 3 is 3.06 bits per heavy atom. The maximum Gasteiger partial charge on any atom is 0.0730 e. The van der Waals surface area contributed by atoms with Crippen molar-refractivity contribution in [3.63, 3.8) is 0 Å². The lowest BCUT2D eigenvalue weighted by Crippen LogP contribution is -2.51. The summed E-state index contributed by atoms with van der Waals surface area (Å²) in [6, 6.07) is 0.746. The summed E-state index contributed by atoms with van der Waals surface area (Å²) < 4.78 is 5.86. The molecule has 1 unspecified atom stereocenters. The molecule has 3 heteroatoms. The van der Waals surface area contributed by atoms with E-state index in [1.54, 1.807) is 0 Å². The number of piperidine rings is 1. The van der Waals surface area contributed by atoms with Crippen LogP contribution >= 0.6 is 0 Å². The van der Waals surface area contributed by atoms with Gasteiger partial charge in [-0.3, -0.25) is 4.90 Å². The van der Waals surface area contributed by atoms with Crippen molar-refractivity contribution in [3.8, 4) is 0 Å². The molecule has 3 nitrogen and oxygen atoms in total. The summed E-state index contributed by atoms with van der Waals surface area (Å²) >= 11 is 0. The molecule has 3 atom stereocenters. The van der Waals surface area contributed by atoms with Gasteiger partial charge in [0.05, 0.1) is 12.7 Å². The van der Waals surface area contributed by atoms with Gasteiger partial charge >= 0.3 is 0 Å². The van der Waals surface area contributed by atoms with Crippen LogP contribution in [0.5, 0.6) is 0 Å². The zero-order valence-electron chi connectivity index (χ0n) is 10.2. The van der Waals surface area contributed by atoms with Gasteiger partial charge in [-0.2, -0.15) is 0 Å². The molecule has 0 spiro atoms. The number of hydrogen-bond donors (Lipinski definition) is 1. The SMILES string of the molecule is C1CNCC(CN2CCO[C@H]3CCC[C@H]32)C1. The standard InChI is InChI=1S/C13H24N2O/c1-4-12-13(5-1)16-8-7-15(12)10-11-3-2-6-14-9-11/h11-14H,1-10H2/t11?,12-,13+/m1/s1. The van der Waals surface area contributed by atoms with E-state index in [1.165, 1.54) is 51.7 Å². The predicted octanol–water partition coefficient (Wildman–Crippen LogP) is 1.24. The Balaban J connectivity index is 1.56. The summed E-state index contributed by atoms with van der Waals surface area (Å²) in [5, 5.41) is 3.53. The van der Waals surface area contributed by atoms with E-state index in [0.717, 1.165) is 25.1 Å². The van der Waals surface area contributed by atoms with Gasteiger partial charge < -0.3 is 10.1 Å². The van der Waals surface area contributed by atoms with Crippen molar-refractivity contribution in [1.82, 2.24) is 10.2 Å². The summed E-state index contributed by atoms with van der Waals surface area (Å²) in [4.78, 5) is 2.72. The smallest absolute Gasteiger partial charge is 0.0730 e. The Morgan fingerprint density at radius 1 is 1.19 bits per heavy atom. The van der Waals surface area contributed by atoms with Crippen LogP contribution < -0.4 is 5.32 Å². The van der Waals surface area contributed by atoms with E-state index in [1.807, 2.05) is 0 Å². The zero-order chi connectivity index (χ0) is 10.8. The van der Waals surface area contributed by atoms with Gasteiger partial charge in [-0.15, -0.1) is 0 Å². The van der Waals surface area contributed by atoms with E-state index < -0.39 is 0 Å². The third-order valence-corrected chi connectivity index (χ3v) is 4.49. The number of rotatable bonds is 2.